The summed E-state index contributed by atoms with van der Waals surface area (Å²) in [5.41, 5.74) is 11.0. The number of primary amides is 1. The molecular formula is C14H19FN4O2. The maximum atomic E-state index is 12.9. The quantitative estimate of drug-likeness (QED) is 0.705. The fourth-order valence-electron chi connectivity index (χ4n) is 2.43. The van der Waals surface area contributed by atoms with E-state index in [2.05, 4.69) is 5.32 Å². The molecule has 5 N–H and O–H groups in total. The number of nitrogens with one attached hydrogen (secondary N) is 1. The van der Waals surface area contributed by atoms with Crippen molar-refractivity contribution in [1.29, 1.82) is 0 Å². The molecule has 114 valence electrons. The number of likely N-dealkylation sites (tertiary alicyclic amines) is 1. The second kappa shape index (κ2) is 5.69. The Hall–Kier alpha value is -2.15. The standard InChI is InChI=1S/C14H19FN4O2/c1-14(13(17)21)4-5-19(8-14)7-12(20)18-11-3-2-9(15)6-10(11)16/h2-3,6H,4-5,7-8,16H2,1H3,(H2,17,21)(H,18,20). The van der Waals surface area contributed by atoms with Crippen molar-refractivity contribution >= 4 is 23.2 Å². The fraction of sp³-hybridized carbons (Fsp3) is 0.429. The third-order valence-electron chi connectivity index (χ3n) is 3.80. The fourth-order valence-corrected chi connectivity index (χ4v) is 2.43. The highest BCUT2D eigenvalue weighted by molar-refractivity contribution is 5.95. The Morgan fingerprint density at radius 3 is 2.76 bits per heavy atom. The number of hydrogen-bond acceptors (Lipinski definition) is 4. The van der Waals surface area contributed by atoms with Crippen LogP contribution in [0.5, 0.6) is 0 Å². The summed E-state index contributed by atoms with van der Waals surface area (Å²) in [6.45, 7) is 3.02. The molecule has 21 heavy (non-hydrogen) atoms. The molecule has 0 spiro atoms. The number of nitrogens with zero attached hydrogens (tertiary/aromatic N) is 1. The van der Waals surface area contributed by atoms with Gasteiger partial charge in [-0.3, -0.25) is 14.5 Å². The SMILES string of the molecule is CC1(C(N)=O)CCN(CC(=O)Nc2ccc(F)cc2N)C1. The summed E-state index contributed by atoms with van der Waals surface area (Å²) in [7, 11) is 0. The van der Waals surface area contributed by atoms with Crippen molar-refractivity contribution in [2.75, 3.05) is 30.7 Å². The average Bonchev–Trinajstić information content (AvgIpc) is 2.76. The van der Waals surface area contributed by atoms with Crippen LogP contribution in [0.2, 0.25) is 0 Å². The van der Waals surface area contributed by atoms with Gasteiger partial charge in [-0.15, -0.1) is 0 Å². The summed E-state index contributed by atoms with van der Waals surface area (Å²) in [5.74, 6) is -1.07. The molecule has 1 aromatic rings. The lowest BCUT2D eigenvalue weighted by Crippen LogP contribution is -2.39. The number of rotatable bonds is 4. The zero-order chi connectivity index (χ0) is 15.6. The van der Waals surface area contributed by atoms with Crippen molar-refractivity contribution < 1.29 is 14.0 Å². The predicted molar refractivity (Wildman–Crippen MR) is 77.8 cm³/mol. The monoisotopic (exact) mass is 294 g/mol. The van der Waals surface area contributed by atoms with Gasteiger partial charge in [0.15, 0.2) is 0 Å². The Bertz CT molecular complexity index is 578. The smallest absolute Gasteiger partial charge is 0.238 e. The topological polar surface area (TPSA) is 101 Å². The van der Waals surface area contributed by atoms with E-state index in [1.807, 2.05) is 4.90 Å². The van der Waals surface area contributed by atoms with Crippen molar-refractivity contribution in [3.05, 3.63) is 24.0 Å². The molecule has 1 atom stereocenters. The third kappa shape index (κ3) is 3.49. The highest BCUT2D eigenvalue weighted by Gasteiger charge is 2.39. The van der Waals surface area contributed by atoms with E-state index in [-0.39, 0.29) is 24.0 Å². The van der Waals surface area contributed by atoms with Crippen LogP contribution in [0.15, 0.2) is 18.2 Å². The molecular weight excluding hydrogens is 275 g/mol. The molecule has 1 saturated heterocycles. The van der Waals surface area contributed by atoms with Crippen LogP contribution in [0.25, 0.3) is 0 Å². The summed E-state index contributed by atoms with van der Waals surface area (Å²) in [4.78, 5) is 25.2. The molecule has 0 bridgehead atoms. The lowest BCUT2D eigenvalue weighted by molar-refractivity contribution is -0.126. The van der Waals surface area contributed by atoms with E-state index in [1.54, 1.807) is 6.92 Å². The zero-order valence-corrected chi connectivity index (χ0v) is 11.9. The molecule has 1 unspecified atom stereocenters. The van der Waals surface area contributed by atoms with Gasteiger partial charge in [0.1, 0.15) is 5.82 Å². The lowest BCUT2D eigenvalue weighted by Gasteiger charge is -2.20. The normalized spacial score (nSPS) is 22.2. The van der Waals surface area contributed by atoms with E-state index in [0.717, 1.165) is 6.07 Å². The molecule has 7 heteroatoms. The lowest BCUT2D eigenvalue weighted by atomic mass is 9.89. The van der Waals surface area contributed by atoms with Crippen molar-refractivity contribution in [2.45, 2.75) is 13.3 Å². The van der Waals surface area contributed by atoms with E-state index in [9.17, 15) is 14.0 Å². The van der Waals surface area contributed by atoms with Gasteiger partial charge >= 0.3 is 0 Å². The molecule has 6 nitrogen and oxygen atoms in total. The molecule has 0 saturated carbocycles. The molecule has 0 aliphatic carbocycles. The van der Waals surface area contributed by atoms with Gasteiger partial charge in [0.05, 0.1) is 23.3 Å². The molecule has 1 heterocycles. The van der Waals surface area contributed by atoms with Gasteiger partial charge in [-0.05, 0) is 38.1 Å². The largest absolute Gasteiger partial charge is 0.397 e. The number of nitrogen functional groups attached to an aromatic ring is 1. The first-order chi connectivity index (χ1) is 9.80. The van der Waals surface area contributed by atoms with Crippen molar-refractivity contribution in [3.63, 3.8) is 0 Å². The van der Waals surface area contributed by atoms with E-state index >= 15 is 0 Å². The zero-order valence-electron chi connectivity index (χ0n) is 11.9. The second-order valence-corrected chi connectivity index (χ2v) is 5.67. The third-order valence-corrected chi connectivity index (χ3v) is 3.80. The van der Waals surface area contributed by atoms with Crippen molar-refractivity contribution in [1.82, 2.24) is 4.90 Å². The minimum absolute atomic E-state index is 0.139. The van der Waals surface area contributed by atoms with Crippen LogP contribution in [-0.4, -0.2) is 36.3 Å². The highest BCUT2D eigenvalue weighted by atomic mass is 19.1. The number of hydrogen-bond donors (Lipinski definition) is 3. The van der Waals surface area contributed by atoms with Gasteiger partial charge in [0.25, 0.3) is 0 Å². The molecule has 1 aliphatic rings. The number of anilines is 2. The van der Waals surface area contributed by atoms with Crippen molar-refractivity contribution in [3.8, 4) is 0 Å². The van der Waals surface area contributed by atoms with Crippen LogP contribution in [0.3, 0.4) is 0 Å². The highest BCUT2D eigenvalue weighted by Crippen LogP contribution is 2.29. The Morgan fingerprint density at radius 1 is 1.48 bits per heavy atom. The van der Waals surface area contributed by atoms with Crippen LogP contribution in [-0.2, 0) is 9.59 Å². The number of carbonyl (C=O) groups is 2. The summed E-state index contributed by atoms with van der Waals surface area (Å²) >= 11 is 0. The van der Waals surface area contributed by atoms with Gasteiger partial charge in [-0.1, -0.05) is 0 Å². The predicted octanol–water partition coefficient (Wildman–Crippen LogP) is 0.544. The number of nitrogens with two attached hydrogens (primary N) is 2. The molecule has 1 aromatic carbocycles. The Morgan fingerprint density at radius 2 is 2.19 bits per heavy atom. The van der Waals surface area contributed by atoms with E-state index in [4.69, 9.17) is 11.5 Å². The molecule has 1 aliphatic heterocycles. The Balaban J connectivity index is 1.93. The van der Waals surface area contributed by atoms with Crippen LogP contribution >= 0.6 is 0 Å². The Kier molecular flexibility index (Phi) is 4.13. The van der Waals surface area contributed by atoms with Crippen LogP contribution in [0, 0.1) is 11.2 Å². The van der Waals surface area contributed by atoms with Gasteiger partial charge in [0, 0.05) is 6.54 Å². The summed E-state index contributed by atoms with van der Waals surface area (Å²) < 4.78 is 12.9. The van der Waals surface area contributed by atoms with E-state index in [1.165, 1.54) is 12.1 Å². The number of halogens is 1. The van der Waals surface area contributed by atoms with Gasteiger partial charge in [-0.2, -0.15) is 0 Å². The van der Waals surface area contributed by atoms with Gasteiger partial charge < -0.3 is 16.8 Å². The first-order valence-electron chi connectivity index (χ1n) is 6.67. The molecule has 1 fully saturated rings. The van der Waals surface area contributed by atoms with E-state index in [0.29, 0.717) is 25.2 Å². The number of carbonyl (C=O) groups excluding carboxylic acids is 2. The summed E-state index contributed by atoms with van der Waals surface area (Å²) in [6.07, 6.45) is 0.633. The Labute approximate surface area is 122 Å². The maximum Gasteiger partial charge on any atom is 0.238 e. The number of benzene rings is 1. The maximum absolute atomic E-state index is 12.9. The van der Waals surface area contributed by atoms with Gasteiger partial charge in [-0.25, -0.2) is 4.39 Å². The first-order valence-corrected chi connectivity index (χ1v) is 6.67. The molecule has 0 radical (unpaired) electrons. The number of amides is 2. The minimum Gasteiger partial charge on any atom is -0.397 e. The second-order valence-electron chi connectivity index (χ2n) is 5.67. The average molecular weight is 294 g/mol. The molecule has 0 aromatic heterocycles. The van der Waals surface area contributed by atoms with Crippen LogP contribution in [0.4, 0.5) is 15.8 Å². The molecule has 2 rings (SSSR count). The first kappa shape index (κ1) is 15.2. The van der Waals surface area contributed by atoms with Crippen LogP contribution < -0.4 is 16.8 Å². The van der Waals surface area contributed by atoms with Gasteiger partial charge in [0.2, 0.25) is 11.8 Å². The minimum atomic E-state index is -0.588. The van der Waals surface area contributed by atoms with E-state index < -0.39 is 11.2 Å². The molecule has 2 amide bonds. The summed E-state index contributed by atoms with van der Waals surface area (Å²) in [6, 6.07) is 3.79. The van der Waals surface area contributed by atoms with Crippen molar-refractivity contribution in [2.24, 2.45) is 11.1 Å². The van der Waals surface area contributed by atoms with Crippen LogP contribution in [0.1, 0.15) is 13.3 Å². The summed E-state index contributed by atoms with van der Waals surface area (Å²) in [5, 5.41) is 2.63.